The molecule has 3 nitrogen and oxygen atoms in total. The molecule has 0 amide bonds. The predicted octanol–water partition coefficient (Wildman–Crippen LogP) is 2.80. The Kier molecular flexibility index (Phi) is 6.29. The van der Waals surface area contributed by atoms with Crippen LogP contribution in [0, 0.1) is 0 Å². The van der Waals surface area contributed by atoms with Gasteiger partial charge in [0.15, 0.2) is 0 Å². The summed E-state index contributed by atoms with van der Waals surface area (Å²) in [7, 11) is 1.61. The minimum absolute atomic E-state index is 0.0999. The fourth-order valence-electron chi connectivity index (χ4n) is 2.00. The first-order valence-corrected chi connectivity index (χ1v) is 6.53. The van der Waals surface area contributed by atoms with Crippen LogP contribution in [0.3, 0.4) is 0 Å². The number of aliphatic hydroxyl groups is 2. The first-order valence-electron chi connectivity index (χ1n) is 6.53. The Labute approximate surface area is 116 Å². The Morgan fingerprint density at radius 1 is 1.10 bits per heavy atom. The highest BCUT2D eigenvalue weighted by Gasteiger charge is 2.34. The minimum Gasteiger partial charge on any atom is -0.396 e. The van der Waals surface area contributed by atoms with Gasteiger partial charge in [0, 0.05) is 25.9 Å². The van der Waals surface area contributed by atoms with E-state index >= 15 is 0 Å². The molecule has 2 N–H and O–H groups in total. The molecule has 0 aliphatic rings. The van der Waals surface area contributed by atoms with Crippen LogP contribution in [0.2, 0.25) is 0 Å². The van der Waals surface area contributed by atoms with Crippen LogP contribution in [0.15, 0.2) is 18.2 Å². The van der Waals surface area contributed by atoms with Gasteiger partial charge in [0.25, 0.3) is 0 Å². The van der Waals surface area contributed by atoms with E-state index in [1.807, 2.05) is 0 Å². The van der Waals surface area contributed by atoms with E-state index in [2.05, 4.69) is 0 Å². The molecule has 20 heavy (non-hydrogen) atoms. The van der Waals surface area contributed by atoms with E-state index < -0.39 is 18.3 Å². The molecular formula is C14H20F3NO2. The number of benzene rings is 1. The maximum absolute atomic E-state index is 13.0. The highest BCUT2D eigenvalue weighted by atomic mass is 19.4. The highest BCUT2D eigenvalue weighted by Crippen LogP contribution is 2.37. The van der Waals surface area contributed by atoms with Crippen molar-refractivity contribution in [3.05, 3.63) is 29.3 Å². The zero-order valence-electron chi connectivity index (χ0n) is 11.5. The molecule has 0 heterocycles. The first kappa shape index (κ1) is 16.8. The number of halogens is 3. The van der Waals surface area contributed by atoms with Crippen LogP contribution < -0.4 is 4.90 Å². The van der Waals surface area contributed by atoms with Crippen molar-refractivity contribution >= 4 is 5.69 Å². The summed E-state index contributed by atoms with van der Waals surface area (Å²) < 4.78 is 39.1. The van der Waals surface area contributed by atoms with Gasteiger partial charge in [0.1, 0.15) is 0 Å². The Balaban J connectivity index is 2.87. The molecular weight excluding hydrogens is 271 g/mol. The van der Waals surface area contributed by atoms with Crippen LogP contribution in [0.1, 0.15) is 30.4 Å². The van der Waals surface area contributed by atoms with Crippen LogP contribution in [0.5, 0.6) is 0 Å². The van der Waals surface area contributed by atoms with Crippen molar-refractivity contribution in [2.45, 2.75) is 32.0 Å². The van der Waals surface area contributed by atoms with Gasteiger partial charge >= 0.3 is 6.18 Å². The normalized spacial score (nSPS) is 11.7. The van der Waals surface area contributed by atoms with Crippen molar-refractivity contribution in [1.82, 2.24) is 0 Å². The van der Waals surface area contributed by atoms with Gasteiger partial charge in [0.2, 0.25) is 0 Å². The van der Waals surface area contributed by atoms with Crippen molar-refractivity contribution in [3.63, 3.8) is 0 Å². The lowest BCUT2D eigenvalue weighted by molar-refractivity contribution is -0.137. The molecule has 0 unspecified atom stereocenters. The van der Waals surface area contributed by atoms with Gasteiger partial charge in [-0.1, -0.05) is 6.07 Å². The van der Waals surface area contributed by atoms with E-state index in [-0.39, 0.29) is 17.9 Å². The molecule has 0 atom stereocenters. The molecule has 0 fully saturated rings. The SMILES string of the molecule is CN(CCCCCO)c1ccc(CO)cc1C(F)(F)F. The van der Waals surface area contributed by atoms with E-state index in [4.69, 9.17) is 10.2 Å². The second-order valence-electron chi connectivity index (χ2n) is 4.71. The zero-order valence-corrected chi connectivity index (χ0v) is 11.5. The van der Waals surface area contributed by atoms with Crippen molar-refractivity contribution in [2.75, 3.05) is 25.1 Å². The number of aliphatic hydroxyl groups excluding tert-OH is 2. The molecule has 0 bridgehead atoms. The molecule has 114 valence electrons. The quantitative estimate of drug-likeness (QED) is 0.759. The molecule has 1 aromatic rings. The number of anilines is 1. The summed E-state index contributed by atoms with van der Waals surface area (Å²) in [5, 5.41) is 17.6. The van der Waals surface area contributed by atoms with Gasteiger partial charge in [-0.25, -0.2) is 0 Å². The lowest BCUT2D eigenvalue weighted by atomic mass is 10.1. The summed E-state index contributed by atoms with van der Waals surface area (Å²) in [5.74, 6) is 0. The minimum atomic E-state index is -4.44. The number of unbranched alkanes of at least 4 members (excludes halogenated alkanes) is 2. The maximum atomic E-state index is 13.0. The summed E-state index contributed by atoms with van der Waals surface area (Å²) in [6.45, 7) is 0.174. The number of nitrogens with zero attached hydrogens (tertiary/aromatic N) is 1. The molecule has 0 radical (unpaired) electrons. The lowest BCUT2D eigenvalue weighted by Gasteiger charge is -2.24. The van der Waals surface area contributed by atoms with E-state index in [1.54, 1.807) is 11.9 Å². The zero-order chi connectivity index (χ0) is 15.2. The third kappa shape index (κ3) is 4.68. The Bertz CT molecular complexity index is 421. The summed E-state index contributed by atoms with van der Waals surface area (Å²) in [5.41, 5.74) is -0.373. The van der Waals surface area contributed by atoms with Crippen LogP contribution in [0.4, 0.5) is 18.9 Å². The third-order valence-electron chi connectivity index (χ3n) is 3.11. The number of hydrogen-bond acceptors (Lipinski definition) is 3. The predicted molar refractivity (Wildman–Crippen MR) is 71.6 cm³/mol. The molecule has 0 saturated carbocycles. The molecule has 1 rings (SSSR count). The number of alkyl halides is 3. The van der Waals surface area contributed by atoms with E-state index in [1.165, 1.54) is 12.1 Å². The average molecular weight is 291 g/mol. The topological polar surface area (TPSA) is 43.7 Å². The van der Waals surface area contributed by atoms with Gasteiger partial charge in [-0.15, -0.1) is 0 Å². The third-order valence-corrected chi connectivity index (χ3v) is 3.11. The highest BCUT2D eigenvalue weighted by molar-refractivity contribution is 5.55. The molecule has 1 aromatic carbocycles. The Hall–Kier alpha value is -1.27. The molecule has 0 aliphatic carbocycles. The van der Waals surface area contributed by atoms with Crippen LogP contribution >= 0.6 is 0 Å². The summed E-state index contributed by atoms with van der Waals surface area (Å²) in [6.07, 6.45) is -2.30. The summed E-state index contributed by atoms with van der Waals surface area (Å²) in [6, 6.07) is 3.87. The Morgan fingerprint density at radius 2 is 1.80 bits per heavy atom. The van der Waals surface area contributed by atoms with Crippen molar-refractivity contribution in [2.24, 2.45) is 0 Å². The van der Waals surface area contributed by atoms with E-state index in [9.17, 15) is 13.2 Å². The Morgan fingerprint density at radius 3 is 2.35 bits per heavy atom. The number of rotatable bonds is 7. The van der Waals surface area contributed by atoms with Crippen molar-refractivity contribution in [1.29, 1.82) is 0 Å². The largest absolute Gasteiger partial charge is 0.418 e. The molecule has 0 aromatic heterocycles. The van der Waals surface area contributed by atoms with Crippen molar-refractivity contribution in [3.8, 4) is 0 Å². The number of hydrogen-bond donors (Lipinski definition) is 2. The van der Waals surface area contributed by atoms with Crippen molar-refractivity contribution < 1.29 is 23.4 Å². The fraction of sp³-hybridized carbons (Fsp3) is 0.571. The summed E-state index contributed by atoms with van der Waals surface area (Å²) in [4.78, 5) is 1.56. The monoisotopic (exact) mass is 291 g/mol. The standard InChI is InChI=1S/C14H20F3NO2/c1-18(7-3-2-4-8-19)13-6-5-11(10-20)9-12(13)14(15,16)17/h5-6,9,19-20H,2-4,7-8,10H2,1H3. The van der Waals surface area contributed by atoms with Crippen LogP contribution in [-0.4, -0.2) is 30.4 Å². The molecule has 0 spiro atoms. The average Bonchev–Trinajstić information content (AvgIpc) is 2.41. The van der Waals surface area contributed by atoms with Gasteiger partial charge in [-0.05, 0) is 37.0 Å². The lowest BCUT2D eigenvalue weighted by Crippen LogP contribution is -2.22. The molecule has 6 heteroatoms. The molecule has 0 aliphatic heterocycles. The second kappa shape index (κ2) is 7.50. The van der Waals surface area contributed by atoms with Gasteiger partial charge in [0.05, 0.1) is 12.2 Å². The second-order valence-corrected chi connectivity index (χ2v) is 4.71. The van der Waals surface area contributed by atoms with Gasteiger partial charge < -0.3 is 15.1 Å². The smallest absolute Gasteiger partial charge is 0.396 e. The van der Waals surface area contributed by atoms with E-state index in [0.717, 1.165) is 18.9 Å². The van der Waals surface area contributed by atoms with E-state index in [0.29, 0.717) is 13.0 Å². The van der Waals surface area contributed by atoms with Crippen LogP contribution in [-0.2, 0) is 12.8 Å². The van der Waals surface area contributed by atoms with Crippen LogP contribution in [0.25, 0.3) is 0 Å². The van der Waals surface area contributed by atoms with Gasteiger partial charge in [-0.3, -0.25) is 0 Å². The maximum Gasteiger partial charge on any atom is 0.418 e. The summed E-state index contributed by atoms with van der Waals surface area (Å²) >= 11 is 0. The first-order chi connectivity index (χ1) is 9.40. The molecule has 0 saturated heterocycles. The van der Waals surface area contributed by atoms with Gasteiger partial charge in [-0.2, -0.15) is 13.2 Å². The fourth-order valence-corrected chi connectivity index (χ4v) is 2.00.